The fourth-order valence-electron chi connectivity index (χ4n) is 3.41. The molecule has 3 aromatic rings. The third-order valence-corrected chi connectivity index (χ3v) is 4.73. The first-order valence-electron chi connectivity index (χ1n) is 8.95. The maximum absolute atomic E-state index is 12.8. The number of hydrogen-bond donors (Lipinski definition) is 1. The minimum atomic E-state index is -0.221. The number of benzene rings is 1. The van der Waals surface area contributed by atoms with Crippen molar-refractivity contribution in [2.45, 2.75) is 19.4 Å². The number of carbonyl (C=O) groups is 2. The Morgan fingerprint density at radius 2 is 2.04 bits per heavy atom. The molecule has 1 saturated heterocycles. The Labute approximate surface area is 157 Å². The van der Waals surface area contributed by atoms with Crippen LogP contribution in [0.25, 0.3) is 5.82 Å². The maximum Gasteiger partial charge on any atom is 0.261 e. The summed E-state index contributed by atoms with van der Waals surface area (Å²) in [5.74, 6) is 0.675. The first-order valence-corrected chi connectivity index (χ1v) is 8.95. The SMILES string of the molecule is Cn1ncc(C(=O)Nc2cccc(CN3CCCC3=O)c2)c1-n1cccc1. The highest BCUT2D eigenvalue weighted by atomic mass is 16.2. The average Bonchev–Trinajstić information content (AvgIpc) is 3.37. The van der Waals surface area contributed by atoms with Crippen LogP contribution in [0.15, 0.2) is 55.0 Å². The van der Waals surface area contributed by atoms with E-state index in [1.807, 2.05) is 58.3 Å². The highest BCUT2D eigenvalue weighted by Gasteiger charge is 2.21. The molecule has 2 amide bonds. The van der Waals surface area contributed by atoms with Crippen molar-refractivity contribution in [2.24, 2.45) is 7.05 Å². The van der Waals surface area contributed by atoms with Crippen LogP contribution in [0.3, 0.4) is 0 Å². The number of nitrogens with one attached hydrogen (secondary N) is 1. The molecule has 1 aliphatic heterocycles. The first kappa shape index (κ1) is 17.1. The van der Waals surface area contributed by atoms with Crippen LogP contribution in [-0.2, 0) is 18.4 Å². The van der Waals surface area contributed by atoms with E-state index in [0.717, 1.165) is 18.5 Å². The van der Waals surface area contributed by atoms with Crippen LogP contribution in [0.2, 0.25) is 0 Å². The molecular weight excluding hydrogens is 342 g/mol. The molecule has 0 saturated carbocycles. The zero-order chi connectivity index (χ0) is 18.8. The van der Waals surface area contributed by atoms with E-state index >= 15 is 0 Å². The number of aromatic nitrogens is 3. The summed E-state index contributed by atoms with van der Waals surface area (Å²) in [6.45, 7) is 1.37. The van der Waals surface area contributed by atoms with Crippen molar-refractivity contribution in [3.63, 3.8) is 0 Å². The zero-order valence-corrected chi connectivity index (χ0v) is 15.1. The number of carbonyl (C=O) groups excluding carboxylic acids is 2. The van der Waals surface area contributed by atoms with Gasteiger partial charge >= 0.3 is 0 Å². The summed E-state index contributed by atoms with van der Waals surface area (Å²) in [7, 11) is 1.81. The largest absolute Gasteiger partial charge is 0.338 e. The van der Waals surface area contributed by atoms with Crippen LogP contribution in [0.4, 0.5) is 5.69 Å². The fourth-order valence-corrected chi connectivity index (χ4v) is 3.41. The van der Waals surface area contributed by atoms with Crippen LogP contribution in [0.5, 0.6) is 0 Å². The second-order valence-corrected chi connectivity index (χ2v) is 6.67. The monoisotopic (exact) mass is 363 g/mol. The standard InChI is InChI=1S/C20H21N5O2/c1-23-20(24-9-2-3-10-24)17(13-21-23)19(27)22-16-7-4-6-15(12-16)14-25-11-5-8-18(25)26/h2-4,6-7,9-10,12-13H,5,8,11,14H2,1H3,(H,22,27). The average molecular weight is 363 g/mol. The molecule has 7 heteroatoms. The summed E-state index contributed by atoms with van der Waals surface area (Å²) < 4.78 is 3.53. The van der Waals surface area contributed by atoms with Gasteiger partial charge in [0.25, 0.3) is 5.91 Å². The fraction of sp³-hybridized carbons (Fsp3) is 0.250. The lowest BCUT2D eigenvalue weighted by molar-refractivity contribution is -0.128. The van der Waals surface area contributed by atoms with Gasteiger partial charge < -0.3 is 14.8 Å². The van der Waals surface area contributed by atoms with Crippen molar-refractivity contribution in [3.8, 4) is 5.82 Å². The van der Waals surface area contributed by atoms with E-state index in [9.17, 15) is 9.59 Å². The lowest BCUT2D eigenvalue weighted by Gasteiger charge is -2.16. The normalized spacial score (nSPS) is 14.0. The molecule has 138 valence electrons. The summed E-state index contributed by atoms with van der Waals surface area (Å²) in [5.41, 5.74) is 2.19. The van der Waals surface area contributed by atoms with Gasteiger partial charge in [-0.05, 0) is 36.2 Å². The molecule has 0 aliphatic carbocycles. The van der Waals surface area contributed by atoms with Gasteiger partial charge in [0.05, 0.1) is 6.20 Å². The van der Waals surface area contributed by atoms with Crippen molar-refractivity contribution in [2.75, 3.05) is 11.9 Å². The van der Waals surface area contributed by atoms with E-state index in [-0.39, 0.29) is 11.8 Å². The Balaban J connectivity index is 1.52. The minimum absolute atomic E-state index is 0.191. The van der Waals surface area contributed by atoms with Gasteiger partial charge in [-0.15, -0.1) is 0 Å². The van der Waals surface area contributed by atoms with Gasteiger partial charge in [0.2, 0.25) is 5.91 Å². The Morgan fingerprint density at radius 3 is 2.78 bits per heavy atom. The summed E-state index contributed by atoms with van der Waals surface area (Å²) in [5, 5.41) is 7.16. The Hall–Kier alpha value is -3.35. The molecule has 1 aromatic carbocycles. The van der Waals surface area contributed by atoms with E-state index in [0.29, 0.717) is 30.0 Å². The number of nitrogens with zero attached hydrogens (tertiary/aromatic N) is 4. The third kappa shape index (κ3) is 3.48. The molecule has 0 spiro atoms. The van der Waals surface area contributed by atoms with Gasteiger partial charge in [-0.2, -0.15) is 5.10 Å². The Bertz CT molecular complexity index is 974. The minimum Gasteiger partial charge on any atom is -0.338 e. The summed E-state index contributed by atoms with van der Waals surface area (Å²) in [4.78, 5) is 26.5. The summed E-state index contributed by atoms with van der Waals surface area (Å²) in [6.07, 6.45) is 6.86. The van der Waals surface area contributed by atoms with Gasteiger partial charge in [-0.25, -0.2) is 0 Å². The van der Waals surface area contributed by atoms with Crippen LogP contribution in [-0.4, -0.2) is 37.6 Å². The number of hydrogen-bond acceptors (Lipinski definition) is 3. The molecule has 0 atom stereocenters. The lowest BCUT2D eigenvalue weighted by Crippen LogP contribution is -2.23. The molecule has 3 heterocycles. The second-order valence-electron chi connectivity index (χ2n) is 6.67. The molecule has 1 aliphatic rings. The summed E-state index contributed by atoms with van der Waals surface area (Å²) >= 11 is 0. The van der Waals surface area contributed by atoms with Gasteiger partial charge in [0, 0.05) is 44.6 Å². The number of rotatable bonds is 5. The Morgan fingerprint density at radius 1 is 1.22 bits per heavy atom. The topological polar surface area (TPSA) is 72.2 Å². The molecule has 1 N–H and O–H groups in total. The molecular formula is C20H21N5O2. The molecule has 0 bridgehead atoms. The van der Waals surface area contributed by atoms with Gasteiger partial charge in [0.1, 0.15) is 11.4 Å². The lowest BCUT2D eigenvalue weighted by atomic mass is 10.2. The van der Waals surface area contributed by atoms with Gasteiger partial charge in [0.15, 0.2) is 0 Å². The quantitative estimate of drug-likeness (QED) is 0.757. The second kappa shape index (κ2) is 7.11. The first-order chi connectivity index (χ1) is 13.1. The van der Waals surface area contributed by atoms with Crippen LogP contribution in [0, 0.1) is 0 Å². The maximum atomic E-state index is 12.8. The van der Waals surface area contributed by atoms with Crippen molar-refractivity contribution in [3.05, 3.63) is 66.1 Å². The van der Waals surface area contributed by atoms with Crippen LogP contribution in [0.1, 0.15) is 28.8 Å². The zero-order valence-electron chi connectivity index (χ0n) is 15.1. The molecule has 0 unspecified atom stereocenters. The molecule has 27 heavy (non-hydrogen) atoms. The summed E-state index contributed by atoms with van der Waals surface area (Å²) in [6, 6.07) is 11.4. The highest BCUT2D eigenvalue weighted by Crippen LogP contribution is 2.19. The molecule has 0 radical (unpaired) electrons. The van der Waals surface area contributed by atoms with E-state index in [1.165, 1.54) is 0 Å². The van der Waals surface area contributed by atoms with Crippen molar-refractivity contribution in [1.82, 2.24) is 19.2 Å². The van der Waals surface area contributed by atoms with Gasteiger partial charge in [-0.1, -0.05) is 12.1 Å². The molecule has 7 nitrogen and oxygen atoms in total. The van der Waals surface area contributed by atoms with Crippen molar-refractivity contribution < 1.29 is 9.59 Å². The van der Waals surface area contributed by atoms with E-state index < -0.39 is 0 Å². The molecule has 1 fully saturated rings. The number of amides is 2. The predicted octanol–water partition coefficient (Wildman–Crippen LogP) is 2.59. The molecule has 4 rings (SSSR count). The number of anilines is 1. The van der Waals surface area contributed by atoms with Gasteiger partial charge in [-0.3, -0.25) is 14.3 Å². The van der Waals surface area contributed by atoms with E-state index in [1.54, 1.807) is 17.9 Å². The van der Waals surface area contributed by atoms with Crippen molar-refractivity contribution in [1.29, 1.82) is 0 Å². The molecule has 2 aromatic heterocycles. The van der Waals surface area contributed by atoms with Crippen LogP contribution >= 0.6 is 0 Å². The van der Waals surface area contributed by atoms with Crippen molar-refractivity contribution >= 4 is 17.5 Å². The van der Waals surface area contributed by atoms with Crippen LogP contribution < -0.4 is 5.32 Å². The number of aryl methyl sites for hydroxylation is 1. The highest BCUT2D eigenvalue weighted by molar-refractivity contribution is 6.06. The number of likely N-dealkylation sites (tertiary alicyclic amines) is 1. The Kier molecular flexibility index (Phi) is 4.50. The third-order valence-electron chi connectivity index (χ3n) is 4.73. The smallest absolute Gasteiger partial charge is 0.261 e. The predicted molar refractivity (Wildman–Crippen MR) is 102 cm³/mol. The van der Waals surface area contributed by atoms with E-state index in [2.05, 4.69) is 10.4 Å². The van der Waals surface area contributed by atoms with E-state index in [4.69, 9.17) is 0 Å².